The number of aromatic nitrogens is 6. The molecule has 1 aliphatic rings. The van der Waals surface area contributed by atoms with Gasteiger partial charge in [-0.25, -0.2) is 15.0 Å². The smallest absolute Gasteiger partial charge is 0.226 e. The summed E-state index contributed by atoms with van der Waals surface area (Å²) in [5.74, 6) is 1.05. The molecule has 0 saturated heterocycles. The van der Waals surface area contributed by atoms with E-state index in [1.54, 1.807) is 11.0 Å². The molecule has 1 aromatic carbocycles. The van der Waals surface area contributed by atoms with Crippen LogP contribution in [0, 0.1) is 6.92 Å². The summed E-state index contributed by atoms with van der Waals surface area (Å²) < 4.78 is 2.63. The number of imidazole rings is 1. The number of hydrogen-bond acceptors (Lipinski definition) is 5. The fourth-order valence-electron chi connectivity index (χ4n) is 3.64. The minimum absolute atomic E-state index is 0.0562. The molecule has 1 amide bonds. The van der Waals surface area contributed by atoms with Gasteiger partial charge < -0.3 is 10.3 Å². The molecule has 4 heterocycles. The number of hydrogen-bond donors (Lipinski definition) is 2. The molecular weight excluding hydrogens is 410 g/mol. The number of halogens is 1. The van der Waals surface area contributed by atoms with Gasteiger partial charge in [0.1, 0.15) is 17.7 Å². The highest BCUT2D eigenvalue weighted by Crippen LogP contribution is 2.42. The SMILES string of the molecule is Cc1nn(-c2ncnc3nc[nH]c23)c2c1[C@@H](c1ccccc1Br)CC(=O)N2. The molecule has 0 saturated carbocycles. The van der Waals surface area contributed by atoms with Crippen LogP contribution in [0.4, 0.5) is 5.82 Å². The van der Waals surface area contributed by atoms with Gasteiger partial charge in [0.2, 0.25) is 5.91 Å². The van der Waals surface area contributed by atoms with E-state index in [0.717, 1.165) is 21.3 Å². The summed E-state index contributed by atoms with van der Waals surface area (Å²) in [7, 11) is 0. The van der Waals surface area contributed by atoms with Crippen LogP contribution in [0.5, 0.6) is 0 Å². The molecule has 2 N–H and O–H groups in total. The first kappa shape index (κ1) is 16.1. The molecule has 134 valence electrons. The third-order valence-electron chi connectivity index (χ3n) is 4.79. The number of amides is 1. The van der Waals surface area contributed by atoms with Gasteiger partial charge in [0.15, 0.2) is 11.5 Å². The highest BCUT2D eigenvalue weighted by molar-refractivity contribution is 9.10. The minimum atomic E-state index is -0.0860. The van der Waals surface area contributed by atoms with Crippen molar-refractivity contribution in [2.45, 2.75) is 19.3 Å². The van der Waals surface area contributed by atoms with Crippen molar-refractivity contribution in [2.75, 3.05) is 5.32 Å². The summed E-state index contributed by atoms with van der Waals surface area (Å²) in [4.78, 5) is 28.2. The Morgan fingerprint density at radius 1 is 1.22 bits per heavy atom. The number of carbonyl (C=O) groups excluding carboxylic acids is 1. The Bertz CT molecular complexity index is 1200. The second kappa shape index (κ2) is 5.98. The summed E-state index contributed by atoms with van der Waals surface area (Å²) in [5, 5.41) is 7.66. The maximum absolute atomic E-state index is 12.5. The lowest BCUT2D eigenvalue weighted by Crippen LogP contribution is -2.25. The van der Waals surface area contributed by atoms with E-state index in [4.69, 9.17) is 0 Å². The Morgan fingerprint density at radius 3 is 2.93 bits per heavy atom. The maximum atomic E-state index is 12.5. The molecule has 5 rings (SSSR count). The van der Waals surface area contributed by atoms with E-state index >= 15 is 0 Å². The van der Waals surface area contributed by atoms with Gasteiger partial charge in [-0.2, -0.15) is 9.78 Å². The van der Waals surface area contributed by atoms with Crippen LogP contribution in [0.1, 0.15) is 29.2 Å². The van der Waals surface area contributed by atoms with Crippen LogP contribution < -0.4 is 5.32 Å². The van der Waals surface area contributed by atoms with Crippen molar-refractivity contribution in [2.24, 2.45) is 0 Å². The second-order valence-electron chi connectivity index (χ2n) is 6.38. The number of carbonyl (C=O) groups is 1. The van der Waals surface area contributed by atoms with Gasteiger partial charge in [-0.15, -0.1) is 0 Å². The van der Waals surface area contributed by atoms with E-state index < -0.39 is 0 Å². The van der Waals surface area contributed by atoms with Crippen molar-refractivity contribution in [1.29, 1.82) is 0 Å². The van der Waals surface area contributed by atoms with Crippen LogP contribution in [0.15, 0.2) is 41.4 Å². The van der Waals surface area contributed by atoms with Crippen LogP contribution in [0.25, 0.3) is 17.0 Å². The summed E-state index contributed by atoms with van der Waals surface area (Å²) in [5.41, 5.74) is 4.11. The topological polar surface area (TPSA) is 101 Å². The molecule has 3 aromatic heterocycles. The van der Waals surface area contributed by atoms with Crippen molar-refractivity contribution in [3.63, 3.8) is 0 Å². The highest BCUT2D eigenvalue weighted by Gasteiger charge is 2.34. The van der Waals surface area contributed by atoms with E-state index in [2.05, 4.69) is 46.3 Å². The molecule has 0 unspecified atom stereocenters. The van der Waals surface area contributed by atoms with E-state index in [0.29, 0.717) is 29.2 Å². The van der Waals surface area contributed by atoms with Gasteiger partial charge >= 0.3 is 0 Å². The molecule has 0 radical (unpaired) electrons. The lowest BCUT2D eigenvalue weighted by Gasteiger charge is -2.25. The van der Waals surface area contributed by atoms with Gasteiger partial charge in [0.05, 0.1) is 12.0 Å². The first-order valence-electron chi connectivity index (χ1n) is 8.41. The van der Waals surface area contributed by atoms with Gasteiger partial charge in [0.25, 0.3) is 0 Å². The molecule has 0 aliphatic carbocycles. The van der Waals surface area contributed by atoms with Gasteiger partial charge in [-0.1, -0.05) is 34.1 Å². The number of rotatable bonds is 2. The zero-order valence-corrected chi connectivity index (χ0v) is 15.9. The number of aryl methyl sites for hydroxylation is 1. The van der Waals surface area contributed by atoms with Crippen molar-refractivity contribution in [3.05, 3.63) is 58.2 Å². The zero-order valence-electron chi connectivity index (χ0n) is 14.3. The van der Waals surface area contributed by atoms with E-state index in [9.17, 15) is 4.79 Å². The number of benzene rings is 1. The first-order chi connectivity index (χ1) is 13.1. The van der Waals surface area contributed by atoms with Crippen molar-refractivity contribution >= 4 is 38.8 Å². The predicted octanol–water partition coefficient (Wildman–Crippen LogP) is 3.08. The molecule has 0 spiro atoms. The first-order valence-corrected chi connectivity index (χ1v) is 9.21. The van der Waals surface area contributed by atoms with Crippen LogP contribution in [0.2, 0.25) is 0 Å². The fourth-order valence-corrected chi connectivity index (χ4v) is 4.20. The molecule has 1 atom stereocenters. The summed E-state index contributed by atoms with van der Waals surface area (Å²) in [6.07, 6.45) is 3.37. The Hall–Kier alpha value is -3.07. The quantitative estimate of drug-likeness (QED) is 0.515. The number of anilines is 1. The second-order valence-corrected chi connectivity index (χ2v) is 7.24. The minimum Gasteiger partial charge on any atom is -0.340 e. The largest absolute Gasteiger partial charge is 0.340 e. The third-order valence-corrected chi connectivity index (χ3v) is 5.51. The predicted molar refractivity (Wildman–Crippen MR) is 103 cm³/mol. The molecule has 0 bridgehead atoms. The average Bonchev–Trinajstić information content (AvgIpc) is 3.26. The summed E-state index contributed by atoms with van der Waals surface area (Å²) >= 11 is 3.61. The van der Waals surface area contributed by atoms with Gasteiger partial charge in [-0.05, 0) is 18.6 Å². The molecule has 27 heavy (non-hydrogen) atoms. The number of aromatic amines is 1. The summed E-state index contributed by atoms with van der Waals surface area (Å²) in [6, 6.07) is 7.96. The van der Waals surface area contributed by atoms with E-state index in [1.165, 1.54) is 6.33 Å². The standard InChI is InChI=1S/C18H14BrN7O/c1-9-14-11(10-4-2-3-5-12(10)19)6-13(27)24-17(14)26(25-9)18-15-16(21-7-20-15)22-8-23-18/h2-5,7-8,11H,6H2,1H3,(H,24,27)(H,20,21,22,23)/t11-/m1/s1. The van der Waals surface area contributed by atoms with Gasteiger partial charge in [0, 0.05) is 22.4 Å². The van der Waals surface area contributed by atoms with Crippen LogP contribution >= 0.6 is 15.9 Å². The monoisotopic (exact) mass is 423 g/mol. The molecular formula is C18H14BrN7O. The van der Waals surface area contributed by atoms with Crippen LogP contribution in [-0.4, -0.2) is 35.6 Å². The molecule has 8 nitrogen and oxygen atoms in total. The van der Waals surface area contributed by atoms with E-state index in [1.807, 2.05) is 31.2 Å². The lowest BCUT2D eigenvalue weighted by molar-refractivity contribution is -0.116. The van der Waals surface area contributed by atoms with Crippen LogP contribution in [0.3, 0.4) is 0 Å². The van der Waals surface area contributed by atoms with Crippen molar-refractivity contribution in [3.8, 4) is 5.82 Å². The maximum Gasteiger partial charge on any atom is 0.226 e. The molecule has 9 heteroatoms. The lowest BCUT2D eigenvalue weighted by atomic mass is 9.86. The Balaban J connectivity index is 1.75. The summed E-state index contributed by atoms with van der Waals surface area (Å²) in [6.45, 7) is 1.95. The Kier molecular flexibility index (Phi) is 3.57. The molecule has 4 aromatic rings. The number of H-pyrrole nitrogens is 1. The highest BCUT2D eigenvalue weighted by atomic mass is 79.9. The van der Waals surface area contributed by atoms with Crippen molar-refractivity contribution < 1.29 is 4.79 Å². The third kappa shape index (κ3) is 2.46. The fraction of sp³-hybridized carbons (Fsp3) is 0.167. The van der Waals surface area contributed by atoms with Crippen molar-refractivity contribution in [1.82, 2.24) is 29.7 Å². The zero-order chi connectivity index (χ0) is 18.5. The number of nitrogens with one attached hydrogen (secondary N) is 2. The Labute approximate surface area is 162 Å². The molecule has 1 aliphatic heterocycles. The normalized spacial score (nSPS) is 16.4. The average molecular weight is 424 g/mol. The Morgan fingerprint density at radius 2 is 2.07 bits per heavy atom. The van der Waals surface area contributed by atoms with E-state index in [-0.39, 0.29) is 11.8 Å². The molecule has 0 fully saturated rings. The number of fused-ring (bicyclic) bond motifs is 2. The van der Waals surface area contributed by atoms with Gasteiger partial charge in [-0.3, -0.25) is 4.79 Å². The number of nitrogens with zero attached hydrogens (tertiary/aromatic N) is 5. The van der Waals surface area contributed by atoms with Crippen LogP contribution in [-0.2, 0) is 4.79 Å².